The van der Waals surface area contributed by atoms with Crippen molar-refractivity contribution in [1.82, 2.24) is 10.3 Å². The highest BCUT2D eigenvalue weighted by molar-refractivity contribution is 5.72. The summed E-state index contributed by atoms with van der Waals surface area (Å²) in [5, 5.41) is 3.14. The first kappa shape index (κ1) is 15.3. The Morgan fingerprint density at radius 1 is 1.38 bits per heavy atom. The van der Waals surface area contributed by atoms with Gasteiger partial charge in [0, 0.05) is 6.54 Å². The summed E-state index contributed by atoms with van der Waals surface area (Å²) in [5.74, 6) is 0.971. The van der Waals surface area contributed by atoms with Gasteiger partial charge in [-0.2, -0.15) is 0 Å². The maximum absolute atomic E-state index is 11.9. The summed E-state index contributed by atoms with van der Waals surface area (Å²) in [4.78, 5) is 15.9. The molecule has 1 aromatic carbocycles. The zero-order valence-electron chi connectivity index (χ0n) is 12.3. The normalized spacial score (nSPS) is 12.1. The van der Waals surface area contributed by atoms with E-state index in [4.69, 9.17) is 9.15 Å². The molecule has 0 radical (unpaired) electrons. The number of aryl methyl sites for hydroxylation is 1. The Balaban J connectivity index is 1.67. The molecule has 0 aliphatic carbocycles. The van der Waals surface area contributed by atoms with Crippen LogP contribution >= 0.6 is 0 Å². The second-order valence-corrected chi connectivity index (χ2v) is 4.99. The molecule has 112 valence electrons. The third kappa shape index (κ3) is 5.04. The number of nitrogens with one attached hydrogen (secondary N) is 1. The topological polar surface area (TPSA) is 64.4 Å². The van der Waals surface area contributed by atoms with Crippen molar-refractivity contribution in [3.05, 3.63) is 53.7 Å². The van der Waals surface area contributed by atoms with Crippen molar-refractivity contribution in [2.75, 3.05) is 6.54 Å². The number of hydrogen-bond acceptors (Lipinski definition) is 5. The van der Waals surface area contributed by atoms with Gasteiger partial charge >= 0.3 is 5.97 Å². The number of ether oxygens (including phenoxy) is 1. The lowest BCUT2D eigenvalue weighted by atomic mass is 10.2. The fraction of sp³-hybridized carbons (Fsp3) is 0.375. The van der Waals surface area contributed by atoms with Crippen LogP contribution in [0.4, 0.5) is 0 Å². The quantitative estimate of drug-likeness (QED) is 0.793. The molecule has 5 heteroatoms. The van der Waals surface area contributed by atoms with Crippen LogP contribution in [0.5, 0.6) is 0 Å². The molecule has 0 bridgehead atoms. The molecular weight excluding hydrogens is 268 g/mol. The number of carbonyl (C=O) groups excluding carboxylic acids is 1. The Morgan fingerprint density at radius 2 is 2.14 bits per heavy atom. The SMILES string of the molecule is Cc1cnc(CNCC(C)C(=O)OCc2ccccc2)o1. The molecule has 0 saturated heterocycles. The number of oxazole rings is 1. The van der Waals surface area contributed by atoms with E-state index in [1.54, 1.807) is 6.20 Å². The highest BCUT2D eigenvalue weighted by atomic mass is 16.5. The number of hydrogen-bond donors (Lipinski definition) is 1. The highest BCUT2D eigenvalue weighted by Crippen LogP contribution is 2.05. The Labute approximate surface area is 124 Å². The van der Waals surface area contributed by atoms with E-state index in [1.807, 2.05) is 44.2 Å². The molecule has 1 heterocycles. The van der Waals surface area contributed by atoms with Gasteiger partial charge in [-0.05, 0) is 12.5 Å². The molecule has 0 fully saturated rings. The van der Waals surface area contributed by atoms with E-state index in [2.05, 4.69) is 10.3 Å². The van der Waals surface area contributed by atoms with Gasteiger partial charge in [0.15, 0.2) is 0 Å². The first-order valence-electron chi connectivity index (χ1n) is 6.97. The first-order valence-corrected chi connectivity index (χ1v) is 6.97. The monoisotopic (exact) mass is 288 g/mol. The highest BCUT2D eigenvalue weighted by Gasteiger charge is 2.14. The number of esters is 1. The smallest absolute Gasteiger partial charge is 0.310 e. The van der Waals surface area contributed by atoms with Crippen LogP contribution in [-0.4, -0.2) is 17.5 Å². The lowest BCUT2D eigenvalue weighted by molar-refractivity contribution is -0.149. The maximum atomic E-state index is 11.9. The fourth-order valence-electron chi connectivity index (χ4n) is 1.83. The molecule has 1 atom stereocenters. The van der Waals surface area contributed by atoms with E-state index in [0.717, 1.165) is 11.3 Å². The van der Waals surface area contributed by atoms with Gasteiger partial charge in [-0.3, -0.25) is 4.79 Å². The largest absolute Gasteiger partial charge is 0.461 e. The summed E-state index contributed by atoms with van der Waals surface area (Å²) in [5.41, 5.74) is 0.987. The predicted molar refractivity (Wildman–Crippen MR) is 78.3 cm³/mol. The van der Waals surface area contributed by atoms with E-state index in [0.29, 0.717) is 25.6 Å². The van der Waals surface area contributed by atoms with Crippen LogP contribution in [-0.2, 0) is 22.7 Å². The predicted octanol–water partition coefficient (Wildman–Crippen LogP) is 2.45. The molecule has 1 aromatic heterocycles. The fourth-order valence-corrected chi connectivity index (χ4v) is 1.83. The Morgan fingerprint density at radius 3 is 2.81 bits per heavy atom. The molecule has 0 saturated carbocycles. The van der Waals surface area contributed by atoms with E-state index in [1.165, 1.54) is 0 Å². The molecule has 0 aliphatic heterocycles. The van der Waals surface area contributed by atoms with Gasteiger partial charge in [-0.15, -0.1) is 0 Å². The molecule has 0 spiro atoms. The summed E-state index contributed by atoms with van der Waals surface area (Å²) < 4.78 is 10.6. The van der Waals surface area contributed by atoms with Crippen molar-refractivity contribution < 1.29 is 13.9 Å². The van der Waals surface area contributed by atoms with Crippen LogP contribution in [0.3, 0.4) is 0 Å². The van der Waals surface area contributed by atoms with Gasteiger partial charge in [0.2, 0.25) is 5.89 Å². The van der Waals surface area contributed by atoms with Crippen molar-refractivity contribution in [3.8, 4) is 0 Å². The molecular formula is C16H20N2O3. The van der Waals surface area contributed by atoms with E-state index >= 15 is 0 Å². The van der Waals surface area contributed by atoms with Gasteiger partial charge in [0.25, 0.3) is 0 Å². The second kappa shape index (κ2) is 7.59. The van der Waals surface area contributed by atoms with Gasteiger partial charge in [0.1, 0.15) is 12.4 Å². The summed E-state index contributed by atoms with van der Waals surface area (Å²) in [6, 6.07) is 9.64. The van der Waals surface area contributed by atoms with Crippen molar-refractivity contribution in [2.45, 2.75) is 27.0 Å². The number of benzene rings is 1. The lowest BCUT2D eigenvalue weighted by Gasteiger charge is -2.11. The minimum Gasteiger partial charge on any atom is -0.461 e. The minimum atomic E-state index is -0.218. The van der Waals surface area contributed by atoms with E-state index in [-0.39, 0.29) is 11.9 Å². The Kier molecular flexibility index (Phi) is 5.51. The minimum absolute atomic E-state index is 0.213. The van der Waals surface area contributed by atoms with Crippen LogP contribution in [0.25, 0.3) is 0 Å². The first-order chi connectivity index (χ1) is 10.1. The van der Waals surface area contributed by atoms with Gasteiger partial charge in [-0.25, -0.2) is 4.98 Å². The van der Waals surface area contributed by atoms with Crippen molar-refractivity contribution >= 4 is 5.97 Å². The summed E-state index contributed by atoms with van der Waals surface area (Å²) in [6.45, 7) is 5.02. The standard InChI is InChI=1S/C16H20N2O3/c1-12(8-17-10-15-18-9-13(2)21-15)16(19)20-11-14-6-4-3-5-7-14/h3-7,9,12,17H,8,10-11H2,1-2H3. The molecule has 5 nitrogen and oxygen atoms in total. The molecule has 1 unspecified atom stereocenters. The maximum Gasteiger partial charge on any atom is 0.310 e. The zero-order chi connectivity index (χ0) is 15.1. The molecule has 2 rings (SSSR count). The third-order valence-electron chi connectivity index (χ3n) is 3.02. The Hall–Kier alpha value is -2.14. The van der Waals surface area contributed by atoms with Crippen molar-refractivity contribution in [3.63, 3.8) is 0 Å². The average Bonchev–Trinajstić information content (AvgIpc) is 2.91. The third-order valence-corrected chi connectivity index (χ3v) is 3.02. The molecule has 1 N–H and O–H groups in total. The van der Waals surface area contributed by atoms with Crippen LogP contribution in [0, 0.1) is 12.8 Å². The van der Waals surface area contributed by atoms with E-state index in [9.17, 15) is 4.79 Å². The van der Waals surface area contributed by atoms with Gasteiger partial charge in [0.05, 0.1) is 18.7 Å². The second-order valence-electron chi connectivity index (χ2n) is 4.99. The number of nitrogens with zero attached hydrogens (tertiary/aromatic N) is 1. The van der Waals surface area contributed by atoms with E-state index < -0.39 is 0 Å². The van der Waals surface area contributed by atoms with Crippen LogP contribution in [0.1, 0.15) is 24.1 Å². The van der Waals surface area contributed by atoms with Crippen LogP contribution in [0.2, 0.25) is 0 Å². The molecule has 21 heavy (non-hydrogen) atoms. The molecule has 0 amide bonds. The lowest BCUT2D eigenvalue weighted by Crippen LogP contribution is -2.27. The van der Waals surface area contributed by atoms with Gasteiger partial charge in [-0.1, -0.05) is 37.3 Å². The summed E-state index contributed by atoms with van der Waals surface area (Å²) >= 11 is 0. The van der Waals surface area contributed by atoms with Crippen LogP contribution in [0.15, 0.2) is 40.9 Å². The van der Waals surface area contributed by atoms with Crippen LogP contribution < -0.4 is 5.32 Å². The number of aromatic nitrogens is 1. The van der Waals surface area contributed by atoms with Crippen molar-refractivity contribution in [2.24, 2.45) is 5.92 Å². The van der Waals surface area contributed by atoms with Gasteiger partial charge < -0.3 is 14.5 Å². The summed E-state index contributed by atoms with van der Waals surface area (Å²) in [7, 11) is 0. The summed E-state index contributed by atoms with van der Waals surface area (Å²) in [6.07, 6.45) is 1.68. The molecule has 2 aromatic rings. The number of carbonyl (C=O) groups is 1. The van der Waals surface area contributed by atoms with Crippen molar-refractivity contribution in [1.29, 1.82) is 0 Å². The number of rotatable bonds is 7. The average molecular weight is 288 g/mol. The Bertz CT molecular complexity index is 566. The molecule has 0 aliphatic rings. The zero-order valence-corrected chi connectivity index (χ0v) is 12.3.